The highest BCUT2D eigenvalue weighted by Gasteiger charge is 2.18. The van der Waals surface area contributed by atoms with Crippen LogP contribution >= 0.6 is 0 Å². The fraction of sp³-hybridized carbons (Fsp3) is 0.182. The number of carboxylic acid groups (broad SMARTS) is 1. The van der Waals surface area contributed by atoms with E-state index in [1.165, 1.54) is 12.4 Å². The van der Waals surface area contributed by atoms with Crippen LogP contribution in [0.3, 0.4) is 0 Å². The molecule has 20 heavy (non-hydrogen) atoms. The van der Waals surface area contributed by atoms with Crippen LogP contribution in [0.1, 0.15) is 0 Å². The molecule has 1 aromatic heterocycles. The molecule has 1 heterocycles. The Bertz CT molecular complexity index is 738. The molecule has 0 amide bonds. The molecule has 0 atom stereocenters. The third-order valence-corrected chi connectivity index (χ3v) is 3.62. The molecule has 0 aliphatic rings. The Morgan fingerprint density at radius 1 is 1.40 bits per heavy atom. The lowest BCUT2D eigenvalue weighted by molar-refractivity contribution is -0.134. The second kappa shape index (κ2) is 5.29. The van der Waals surface area contributed by atoms with Gasteiger partial charge in [-0.3, -0.25) is 9.52 Å². The van der Waals surface area contributed by atoms with Crippen molar-refractivity contribution in [2.75, 3.05) is 10.5 Å². The van der Waals surface area contributed by atoms with Gasteiger partial charge in [0.15, 0.2) is 11.6 Å². The van der Waals surface area contributed by atoms with Crippen LogP contribution in [0.25, 0.3) is 11.4 Å². The highest BCUT2D eigenvalue weighted by Crippen LogP contribution is 2.26. The van der Waals surface area contributed by atoms with Crippen molar-refractivity contribution in [2.45, 2.75) is 0 Å². The van der Waals surface area contributed by atoms with Crippen molar-refractivity contribution in [1.82, 2.24) is 14.8 Å². The van der Waals surface area contributed by atoms with Gasteiger partial charge in [0.05, 0.1) is 5.69 Å². The fourth-order valence-electron chi connectivity index (χ4n) is 1.66. The van der Waals surface area contributed by atoms with Crippen molar-refractivity contribution >= 4 is 21.7 Å². The van der Waals surface area contributed by atoms with Gasteiger partial charge < -0.3 is 9.67 Å². The first kappa shape index (κ1) is 14.0. The molecule has 2 rings (SSSR count). The molecule has 0 fully saturated rings. The maximum absolute atomic E-state index is 11.7. The zero-order valence-corrected chi connectivity index (χ0v) is 11.3. The summed E-state index contributed by atoms with van der Waals surface area (Å²) in [6, 6.07) is 6.56. The number of aromatic nitrogens is 3. The van der Waals surface area contributed by atoms with Crippen molar-refractivity contribution in [3.8, 4) is 11.4 Å². The van der Waals surface area contributed by atoms with Crippen molar-refractivity contribution in [3.05, 3.63) is 30.6 Å². The van der Waals surface area contributed by atoms with E-state index in [4.69, 9.17) is 5.11 Å². The van der Waals surface area contributed by atoms with Crippen LogP contribution in [0.5, 0.6) is 0 Å². The van der Waals surface area contributed by atoms with Gasteiger partial charge in [-0.15, -0.1) is 10.2 Å². The van der Waals surface area contributed by atoms with Gasteiger partial charge >= 0.3 is 5.97 Å². The van der Waals surface area contributed by atoms with E-state index in [1.807, 2.05) is 0 Å². The molecular formula is C11H12N4O4S. The number of nitrogens with one attached hydrogen (secondary N) is 1. The molecule has 2 N–H and O–H groups in total. The molecule has 0 saturated heterocycles. The van der Waals surface area contributed by atoms with E-state index in [0.717, 1.165) is 0 Å². The SMILES string of the molecule is Cn1cnnc1-c1ccccc1NS(=O)(=O)CC(=O)O. The van der Waals surface area contributed by atoms with Gasteiger partial charge in [-0.25, -0.2) is 8.42 Å². The second-order valence-electron chi connectivity index (χ2n) is 4.07. The lowest BCUT2D eigenvalue weighted by Gasteiger charge is -2.10. The number of aliphatic carboxylic acids is 1. The molecule has 0 bridgehead atoms. The molecule has 2 aromatic rings. The molecule has 0 radical (unpaired) electrons. The molecule has 0 saturated carbocycles. The summed E-state index contributed by atoms with van der Waals surface area (Å²) in [4.78, 5) is 10.5. The number of benzene rings is 1. The third kappa shape index (κ3) is 3.12. The predicted octanol–water partition coefficient (Wildman–Crippen LogP) is 0.308. The number of nitrogens with zero attached hydrogens (tertiary/aromatic N) is 3. The Kier molecular flexibility index (Phi) is 3.70. The average molecular weight is 296 g/mol. The first-order valence-corrected chi connectivity index (χ1v) is 7.20. The quantitative estimate of drug-likeness (QED) is 0.820. The number of para-hydroxylation sites is 1. The van der Waals surface area contributed by atoms with Crippen LogP contribution in [0.4, 0.5) is 5.69 Å². The molecule has 0 spiro atoms. The first-order chi connectivity index (χ1) is 9.39. The van der Waals surface area contributed by atoms with Gasteiger partial charge in [0.1, 0.15) is 6.33 Å². The van der Waals surface area contributed by atoms with E-state index in [1.54, 1.807) is 29.8 Å². The molecule has 8 nitrogen and oxygen atoms in total. The Balaban J connectivity index is 2.40. The minimum atomic E-state index is -3.97. The summed E-state index contributed by atoms with van der Waals surface area (Å²) >= 11 is 0. The zero-order valence-electron chi connectivity index (χ0n) is 10.5. The number of sulfonamides is 1. The predicted molar refractivity (Wildman–Crippen MR) is 71.5 cm³/mol. The Morgan fingerprint density at radius 3 is 2.70 bits per heavy atom. The molecule has 106 valence electrons. The summed E-state index contributed by atoms with van der Waals surface area (Å²) in [6.07, 6.45) is 1.48. The van der Waals surface area contributed by atoms with Crippen LogP contribution in [0, 0.1) is 0 Å². The lowest BCUT2D eigenvalue weighted by atomic mass is 10.2. The minimum Gasteiger partial charge on any atom is -0.480 e. The van der Waals surface area contributed by atoms with Gasteiger partial charge in [-0.1, -0.05) is 12.1 Å². The number of aryl methyl sites for hydroxylation is 1. The van der Waals surface area contributed by atoms with E-state index in [2.05, 4.69) is 14.9 Å². The maximum atomic E-state index is 11.7. The van der Waals surface area contributed by atoms with Gasteiger partial charge in [0, 0.05) is 12.6 Å². The third-order valence-electron chi connectivity index (χ3n) is 2.46. The summed E-state index contributed by atoms with van der Waals surface area (Å²) < 4.78 is 27.2. The zero-order chi connectivity index (χ0) is 14.8. The standard InChI is InChI=1S/C11H12N4O4S/c1-15-7-12-13-11(15)8-4-2-3-5-9(8)14-20(18,19)6-10(16)17/h2-5,7,14H,6H2,1H3,(H,16,17). The van der Waals surface area contributed by atoms with E-state index in [0.29, 0.717) is 11.4 Å². The lowest BCUT2D eigenvalue weighted by Crippen LogP contribution is -2.22. The Hall–Kier alpha value is -2.42. The number of hydrogen-bond donors (Lipinski definition) is 2. The highest BCUT2D eigenvalue weighted by molar-refractivity contribution is 7.93. The maximum Gasteiger partial charge on any atom is 0.320 e. The number of carbonyl (C=O) groups is 1. The Labute approximate surface area is 115 Å². The summed E-state index contributed by atoms with van der Waals surface area (Å²) in [5, 5.41) is 16.2. The van der Waals surface area contributed by atoms with Gasteiger partial charge in [0.2, 0.25) is 10.0 Å². The van der Waals surface area contributed by atoms with Crippen LogP contribution in [0.2, 0.25) is 0 Å². The second-order valence-corrected chi connectivity index (χ2v) is 5.79. The topological polar surface area (TPSA) is 114 Å². The van der Waals surface area contributed by atoms with Crippen molar-refractivity contribution in [1.29, 1.82) is 0 Å². The van der Waals surface area contributed by atoms with E-state index >= 15 is 0 Å². The largest absolute Gasteiger partial charge is 0.480 e. The van der Waals surface area contributed by atoms with Gasteiger partial charge in [-0.05, 0) is 12.1 Å². The van der Waals surface area contributed by atoms with Crippen LogP contribution in [-0.2, 0) is 21.9 Å². The highest BCUT2D eigenvalue weighted by atomic mass is 32.2. The van der Waals surface area contributed by atoms with E-state index in [9.17, 15) is 13.2 Å². The molecule has 0 unspecified atom stereocenters. The summed E-state index contributed by atoms with van der Waals surface area (Å²) in [5.41, 5.74) is 0.770. The number of hydrogen-bond acceptors (Lipinski definition) is 5. The van der Waals surface area contributed by atoms with E-state index in [-0.39, 0.29) is 5.69 Å². The summed E-state index contributed by atoms with van der Waals surface area (Å²) in [7, 11) is -2.25. The summed E-state index contributed by atoms with van der Waals surface area (Å²) in [6.45, 7) is 0. The number of anilines is 1. The van der Waals surface area contributed by atoms with Gasteiger partial charge in [0.25, 0.3) is 0 Å². The monoisotopic (exact) mass is 296 g/mol. The van der Waals surface area contributed by atoms with Crippen LogP contribution < -0.4 is 4.72 Å². The van der Waals surface area contributed by atoms with Crippen LogP contribution in [-0.4, -0.2) is 40.0 Å². The van der Waals surface area contributed by atoms with Crippen molar-refractivity contribution in [2.24, 2.45) is 7.05 Å². The summed E-state index contributed by atoms with van der Waals surface area (Å²) in [5.74, 6) is -1.95. The molecule has 1 aromatic carbocycles. The molecule has 9 heteroatoms. The normalized spacial score (nSPS) is 11.2. The minimum absolute atomic E-state index is 0.254. The smallest absolute Gasteiger partial charge is 0.320 e. The number of rotatable bonds is 5. The van der Waals surface area contributed by atoms with Crippen molar-refractivity contribution < 1.29 is 18.3 Å². The van der Waals surface area contributed by atoms with E-state index < -0.39 is 21.7 Å². The van der Waals surface area contributed by atoms with Crippen molar-refractivity contribution in [3.63, 3.8) is 0 Å². The van der Waals surface area contributed by atoms with Gasteiger partial charge in [-0.2, -0.15) is 0 Å². The fourth-order valence-corrected chi connectivity index (χ4v) is 2.57. The van der Waals surface area contributed by atoms with Crippen LogP contribution in [0.15, 0.2) is 30.6 Å². The average Bonchev–Trinajstić information content (AvgIpc) is 2.73. The Morgan fingerprint density at radius 2 is 2.10 bits per heavy atom. The number of carboxylic acids is 1. The molecule has 0 aliphatic carbocycles. The first-order valence-electron chi connectivity index (χ1n) is 5.55. The molecule has 0 aliphatic heterocycles. The molecular weight excluding hydrogens is 284 g/mol.